The van der Waals surface area contributed by atoms with E-state index in [-0.39, 0.29) is 41.0 Å². The normalized spacial score (nSPS) is 27.4. The van der Waals surface area contributed by atoms with E-state index in [1.165, 1.54) is 18.6 Å². The van der Waals surface area contributed by atoms with Gasteiger partial charge in [0.25, 0.3) is 0 Å². The first-order valence-electron chi connectivity index (χ1n) is 15.8. The first-order chi connectivity index (χ1) is 19.4. The van der Waals surface area contributed by atoms with Gasteiger partial charge in [0.15, 0.2) is 0 Å². The Morgan fingerprint density at radius 3 is 2.27 bits per heavy atom. The third-order valence-corrected chi connectivity index (χ3v) is 10.3. The molecule has 5 rings (SSSR count). The van der Waals surface area contributed by atoms with Gasteiger partial charge in [0.1, 0.15) is 11.9 Å². The van der Waals surface area contributed by atoms with E-state index in [2.05, 4.69) is 22.6 Å². The molecule has 3 amide bonds. The topological polar surface area (TPSA) is 81.8 Å². The third kappa shape index (κ3) is 6.63. The average molecular weight is 569 g/mol. The summed E-state index contributed by atoms with van der Waals surface area (Å²) in [6.45, 7) is 8.10. The van der Waals surface area contributed by atoms with Crippen LogP contribution in [0.3, 0.4) is 0 Å². The van der Waals surface area contributed by atoms with E-state index >= 15 is 0 Å². The summed E-state index contributed by atoms with van der Waals surface area (Å²) in [5.74, 6) is 0.412. The molecule has 4 aliphatic rings. The quantitative estimate of drug-likeness (QED) is 0.514. The maximum absolute atomic E-state index is 14.1. The molecule has 2 N–H and O–H groups in total. The molecule has 2 aliphatic heterocycles. The largest absolute Gasteiger partial charge is 0.351 e. The highest BCUT2D eigenvalue weighted by Gasteiger charge is 2.50. The summed E-state index contributed by atoms with van der Waals surface area (Å²) in [4.78, 5) is 45.5. The summed E-state index contributed by atoms with van der Waals surface area (Å²) in [6.07, 6.45) is 9.16. The van der Waals surface area contributed by atoms with Crippen LogP contribution in [0.1, 0.15) is 84.1 Å². The molecular weight excluding hydrogens is 519 g/mol. The molecule has 0 radical (unpaired) electrons. The van der Waals surface area contributed by atoms with Gasteiger partial charge in [-0.05, 0) is 95.9 Å². The Labute approximate surface area is 245 Å². The van der Waals surface area contributed by atoms with Crippen LogP contribution in [-0.2, 0) is 20.8 Å². The van der Waals surface area contributed by atoms with Gasteiger partial charge in [-0.25, -0.2) is 4.39 Å². The van der Waals surface area contributed by atoms with Crippen molar-refractivity contribution in [1.82, 2.24) is 20.4 Å². The molecule has 1 aromatic carbocycles. The number of nitrogens with one attached hydrogen (secondary N) is 2. The second kappa shape index (κ2) is 12.0. The zero-order chi connectivity index (χ0) is 29.4. The number of hydrogen-bond donors (Lipinski definition) is 2. The van der Waals surface area contributed by atoms with E-state index in [1.807, 2.05) is 25.7 Å². The van der Waals surface area contributed by atoms with Gasteiger partial charge in [-0.2, -0.15) is 0 Å². The molecule has 41 heavy (non-hydrogen) atoms. The van der Waals surface area contributed by atoms with E-state index < -0.39 is 11.5 Å². The molecule has 226 valence electrons. The Morgan fingerprint density at radius 2 is 1.68 bits per heavy atom. The maximum Gasteiger partial charge on any atom is 0.245 e. The fourth-order valence-electron chi connectivity index (χ4n) is 8.20. The Kier molecular flexibility index (Phi) is 8.79. The highest BCUT2D eigenvalue weighted by Crippen LogP contribution is 2.46. The molecule has 8 heteroatoms. The van der Waals surface area contributed by atoms with Crippen molar-refractivity contribution in [2.24, 2.45) is 23.2 Å². The summed E-state index contributed by atoms with van der Waals surface area (Å²) >= 11 is 0. The Bertz CT molecular complexity index is 1100. The van der Waals surface area contributed by atoms with Gasteiger partial charge in [0, 0.05) is 37.6 Å². The van der Waals surface area contributed by atoms with Crippen molar-refractivity contribution in [3.63, 3.8) is 0 Å². The lowest BCUT2D eigenvalue weighted by molar-refractivity contribution is -0.147. The summed E-state index contributed by atoms with van der Waals surface area (Å²) in [6, 6.07) is 5.69. The van der Waals surface area contributed by atoms with Crippen LogP contribution in [0.4, 0.5) is 4.39 Å². The van der Waals surface area contributed by atoms with Crippen molar-refractivity contribution in [2.45, 2.75) is 103 Å². The molecule has 2 saturated carbocycles. The summed E-state index contributed by atoms with van der Waals surface area (Å²) in [5.41, 5.74) is 0.0333. The number of halogens is 1. The van der Waals surface area contributed by atoms with Gasteiger partial charge >= 0.3 is 0 Å². The number of benzene rings is 1. The molecule has 7 nitrogen and oxygen atoms in total. The number of piperidine rings is 2. The minimum atomic E-state index is -0.719. The molecule has 0 unspecified atom stereocenters. The summed E-state index contributed by atoms with van der Waals surface area (Å²) in [5, 5.41) is 6.40. The minimum absolute atomic E-state index is 0.0531. The molecule has 2 saturated heterocycles. The zero-order valence-electron chi connectivity index (χ0n) is 25.4. The highest BCUT2D eigenvalue weighted by atomic mass is 19.1. The van der Waals surface area contributed by atoms with Gasteiger partial charge < -0.3 is 20.4 Å². The van der Waals surface area contributed by atoms with E-state index in [0.29, 0.717) is 44.2 Å². The molecule has 0 spiro atoms. The SMILES string of the molecule is CN1C[C@@H]2C[C@H](C(=O)N[C@H](Cc3ccc(F)cc3)C(=O)N3CCC(C(=O)NC(C)(C)C)(C4CCCCC4)CC3)[C@H]1C2. The minimum Gasteiger partial charge on any atom is -0.351 e. The fourth-order valence-corrected chi connectivity index (χ4v) is 8.20. The van der Waals surface area contributed by atoms with Crippen molar-refractivity contribution in [1.29, 1.82) is 0 Å². The Morgan fingerprint density at radius 1 is 1.02 bits per heavy atom. The standard InChI is InChI=1S/C33H49FN4O3/c1-32(2,3)36-31(41)33(24-8-6-5-7-9-24)14-16-38(17-15-33)30(40)27(19-22-10-12-25(34)13-11-22)35-29(39)26-18-23-20-28(26)37(4)21-23/h10-13,23-24,26-28H,5-9,14-21H2,1-4H3,(H,35,39)(H,36,41)/t23-,26+,27-,28-/m1/s1. The van der Waals surface area contributed by atoms with Crippen LogP contribution in [-0.4, -0.2) is 71.8 Å². The van der Waals surface area contributed by atoms with E-state index in [0.717, 1.165) is 50.6 Å². The number of nitrogens with zero attached hydrogens (tertiary/aromatic N) is 2. The van der Waals surface area contributed by atoms with Crippen LogP contribution in [0, 0.1) is 29.0 Å². The van der Waals surface area contributed by atoms with E-state index in [4.69, 9.17) is 0 Å². The molecule has 4 fully saturated rings. The highest BCUT2D eigenvalue weighted by molar-refractivity contribution is 5.90. The molecule has 2 aliphatic carbocycles. The van der Waals surface area contributed by atoms with Crippen LogP contribution < -0.4 is 10.6 Å². The monoisotopic (exact) mass is 568 g/mol. The molecule has 2 heterocycles. The van der Waals surface area contributed by atoms with Crippen LogP contribution in [0.2, 0.25) is 0 Å². The number of hydrogen-bond acceptors (Lipinski definition) is 4. The van der Waals surface area contributed by atoms with Crippen molar-refractivity contribution in [3.05, 3.63) is 35.6 Å². The van der Waals surface area contributed by atoms with Crippen LogP contribution in [0.15, 0.2) is 24.3 Å². The van der Waals surface area contributed by atoms with Crippen molar-refractivity contribution in [3.8, 4) is 0 Å². The van der Waals surface area contributed by atoms with E-state index in [1.54, 1.807) is 12.1 Å². The maximum atomic E-state index is 14.1. The first-order valence-corrected chi connectivity index (χ1v) is 15.8. The van der Waals surface area contributed by atoms with Crippen molar-refractivity contribution in [2.75, 3.05) is 26.7 Å². The van der Waals surface area contributed by atoms with Crippen LogP contribution in [0.5, 0.6) is 0 Å². The lowest BCUT2D eigenvalue weighted by Crippen LogP contribution is -2.59. The van der Waals surface area contributed by atoms with Gasteiger partial charge in [-0.3, -0.25) is 14.4 Å². The molecule has 4 atom stereocenters. The lowest BCUT2D eigenvalue weighted by atomic mass is 9.63. The van der Waals surface area contributed by atoms with Gasteiger partial charge in [0.05, 0.1) is 11.3 Å². The van der Waals surface area contributed by atoms with Crippen molar-refractivity contribution >= 4 is 17.7 Å². The second-order valence-electron chi connectivity index (χ2n) is 14.4. The third-order valence-electron chi connectivity index (χ3n) is 10.3. The van der Waals surface area contributed by atoms with Crippen LogP contribution in [0.25, 0.3) is 0 Å². The number of rotatable bonds is 7. The van der Waals surface area contributed by atoms with Crippen LogP contribution >= 0.6 is 0 Å². The molecule has 0 aromatic heterocycles. The fraction of sp³-hybridized carbons (Fsp3) is 0.727. The number of fused-ring (bicyclic) bond motifs is 2. The number of amides is 3. The smallest absolute Gasteiger partial charge is 0.245 e. The van der Waals surface area contributed by atoms with Gasteiger partial charge in [-0.1, -0.05) is 31.4 Å². The number of likely N-dealkylation sites (tertiary alicyclic amines) is 2. The predicted molar refractivity (Wildman–Crippen MR) is 157 cm³/mol. The Balaban J connectivity index is 1.31. The molecular formula is C33H49FN4O3. The van der Waals surface area contributed by atoms with E-state index in [9.17, 15) is 18.8 Å². The summed E-state index contributed by atoms with van der Waals surface area (Å²) < 4.78 is 13.6. The van der Waals surface area contributed by atoms with Gasteiger partial charge in [-0.15, -0.1) is 0 Å². The first kappa shape index (κ1) is 30.0. The second-order valence-corrected chi connectivity index (χ2v) is 14.4. The average Bonchev–Trinajstić information content (AvgIpc) is 3.53. The molecule has 2 bridgehead atoms. The Hall–Kier alpha value is -2.48. The zero-order valence-corrected chi connectivity index (χ0v) is 25.4. The van der Waals surface area contributed by atoms with Gasteiger partial charge in [0.2, 0.25) is 17.7 Å². The number of carbonyl (C=O) groups is 3. The molecule has 1 aromatic rings. The van der Waals surface area contributed by atoms with Crippen molar-refractivity contribution < 1.29 is 18.8 Å². The summed E-state index contributed by atoms with van der Waals surface area (Å²) in [7, 11) is 2.08. The number of carbonyl (C=O) groups excluding carboxylic acids is 3. The predicted octanol–water partition coefficient (Wildman–Crippen LogP) is 4.30. The lowest BCUT2D eigenvalue weighted by Gasteiger charge is -2.48.